The fraction of sp³-hybridized carbons (Fsp3) is 0.240. The minimum atomic E-state index is -0.758. The smallest absolute Gasteiger partial charge is 0.286 e. The molecule has 0 saturated heterocycles. The number of hydrogen-bond donors (Lipinski definition) is 1. The fourth-order valence-corrected chi connectivity index (χ4v) is 4.34. The predicted molar refractivity (Wildman–Crippen MR) is 120 cm³/mol. The molecule has 2 aliphatic rings. The van der Waals surface area contributed by atoms with Gasteiger partial charge in [-0.05, 0) is 55.8 Å². The Labute approximate surface area is 184 Å². The first-order chi connectivity index (χ1) is 15.4. The number of rotatable bonds is 3. The molecular formula is C25H23NO6. The van der Waals surface area contributed by atoms with E-state index in [1.165, 1.54) is 0 Å². The molecule has 3 aromatic rings. The van der Waals surface area contributed by atoms with Gasteiger partial charge in [0.15, 0.2) is 11.2 Å². The Balaban J connectivity index is 1.84. The van der Waals surface area contributed by atoms with E-state index in [2.05, 4.69) is 0 Å². The summed E-state index contributed by atoms with van der Waals surface area (Å²) in [7, 11) is 3.21. The van der Waals surface area contributed by atoms with Gasteiger partial charge in [-0.1, -0.05) is 0 Å². The number of hydrogen-bond acceptors (Lipinski definition) is 6. The molecule has 0 aliphatic carbocycles. The molecule has 0 saturated carbocycles. The van der Waals surface area contributed by atoms with Crippen molar-refractivity contribution in [3.8, 4) is 22.8 Å². The topological polar surface area (TPSA) is 79.2 Å². The van der Waals surface area contributed by atoms with Gasteiger partial charge >= 0.3 is 0 Å². The van der Waals surface area contributed by atoms with Crippen LogP contribution in [0.4, 0.5) is 0 Å². The number of allylic oxidation sites excluding steroid dienone is 2. The van der Waals surface area contributed by atoms with Crippen molar-refractivity contribution in [3.63, 3.8) is 0 Å². The van der Waals surface area contributed by atoms with Crippen molar-refractivity contribution in [1.82, 2.24) is 4.73 Å². The van der Waals surface area contributed by atoms with Gasteiger partial charge in [0.2, 0.25) is 0 Å². The van der Waals surface area contributed by atoms with Crippen LogP contribution in [0.25, 0.3) is 22.2 Å². The number of aromatic nitrogens is 1. The van der Waals surface area contributed by atoms with Crippen molar-refractivity contribution >= 4 is 10.9 Å². The van der Waals surface area contributed by atoms with Crippen LogP contribution in [0, 0.1) is 6.92 Å². The molecule has 0 fully saturated rings. The maximum Gasteiger partial charge on any atom is 0.286 e. The molecule has 5 rings (SSSR count). The number of pyridine rings is 1. The van der Waals surface area contributed by atoms with Gasteiger partial charge in [-0.3, -0.25) is 4.79 Å². The molecule has 7 nitrogen and oxygen atoms in total. The van der Waals surface area contributed by atoms with Crippen molar-refractivity contribution in [2.75, 3.05) is 14.2 Å². The van der Waals surface area contributed by atoms with Crippen LogP contribution in [-0.4, -0.2) is 30.3 Å². The van der Waals surface area contributed by atoms with Gasteiger partial charge in [-0.25, -0.2) is 0 Å². The van der Waals surface area contributed by atoms with E-state index in [1.54, 1.807) is 38.0 Å². The number of nitrogens with zero attached hydrogens (tertiary/aromatic N) is 1. The first-order valence-corrected chi connectivity index (χ1v) is 10.3. The minimum absolute atomic E-state index is 0.0542. The van der Waals surface area contributed by atoms with Crippen LogP contribution in [0.5, 0.6) is 11.5 Å². The molecule has 7 heteroatoms. The van der Waals surface area contributed by atoms with Gasteiger partial charge in [-0.15, -0.1) is 0 Å². The Hall–Kier alpha value is -3.87. The summed E-state index contributed by atoms with van der Waals surface area (Å²) in [4.78, 5) is 19.5. The van der Waals surface area contributed by atoms with Crippen molar-refractivity contribution in [3.05, 3.63) is 80.9 Å². The van der Waals surface area contributed by atoms with E-state index >= 15 is 0 Å². The highest BCUT2D eigenvalue weighted by Crippen LogP contribution is 2.38. The van der Waals surface area contributed by atoms with Crippen LogP contribution in [-0.2, 0) is 11.2 Å². The second kappa shape index (κ2) is 7.37. The van der Waals surface area contributed by atoms with Crippen molar-refractivity contribution in [2.24, 2.45) is 0 Å². The molecule has 3 heterocycles. The van der Waals surface area contributed by atoms with Crippen molar-refractivity contribution in [2.45, 2.75) is 26.6 Å². The lowest BCUT2D eigenvalue weighted by Gasteiger charge is -2.26. The molecule has 1 atom stereocenters. The van der Waals surface area contributed by atoms with Gasteiger partial charge in [0, 0.05) is 34.6 Å². The summed E-state index contributed by atoms with van der Waals surface area (Å²) in [5, 5.41) is 10.8. The number of ether oxygens (including phenoxy) is 3. The van der Waals surface area contributed by atoms with Crippen LogP contribution < -0.4 is 19.7 Å². The molecule has 0 amide bonds. The zero-order valence-electron chi connectivity index (χ0n) is 18.3. The largest absolute Gasteiger partial charge is 0.504 e. The molecule has 2 aromatic carbocycles. The molecule has 0 radical (unpaired) electrons. The van der Waals surface area contributed by atoms with Gasteiger partial charge in [0.1, 0.15) is 17.3 Å². The number of aliphatic hydroxyl groups excluding tert-OH is 1. The van der Waals surface area contributed by atoms with Crippen molar-refractivity contribution < 1.29 is 24.2 Å². The normalized spacial score (nSPS) is 17.1. The Morgan fingerprint density at radius 2 is 1.84 bits per heavy atom. The van der Waals surface area contributed by atoms with E-state index in [1.807, 2.05) is 37.3 Å². The fourth-order valence-electron chi connectivity index (χ4n) is 4.34. The minimum Gasteiger partial charge on any atom is -0.504 e. The van der Waals surface area contributed by atoms with Crippen LogP contribution in [0.1, 0.15) is 18.1 Å². The predicted octanol–water partition coefficient (Wildman–Crippen LogP) is 4.05. The molecule has 32 heavy (non-hydrogen) atoms. The molecule has 0 bridgehead atoms. The summed E-state index contributed by atoms with van der Waals surface area (Å²) < 4.78 is 18.5. The highest BCUT2D eigenvalue weighted by atomic mass is 16.8. The molecule has 164 valence electrons. The van der Waals surface area contributed by atoms with Gasteiger partial charge in [0.05, 0.1) is 25.4 Å². The first kappa shape index (κ1) is 20.1. The zero-order valence-corrected chi connectivity index (χ0v) is 18.3. The van der Waals surface area contributed by atoms with Crippen LogP contribution in [0.15, 0.2) is 64.4 Å². The summed E-state index contributed by atoms with van der Waals surface area (Å²) in [6.07, 6.45) is 1.30. The van der Waals surface area contributed by atoms with Gasteiger partial charge in [-0.2, -0.15) is 4.73 Å². The quantitative estimate of drug-likeness (QED) is 0.671. The van der Waals surface area contributed by atoms with E-state index in [4.69, 9.17) is 19.0 Å². The van der Waals surface area contributed by atoms with Crippen LogP contribution in [0.2, 0.25) is 0 Å². The maximum absolute atomic E-state index is 13.2. The second-order valence-corrected chi connectivity index (χ2v) is 7.91. The Morgan fingerprint density at radius 3 is 2.53 bits per heavy atom. The molecule has 0 spiro atoms. The molecule has 2 aliphatic heterocycles. The molecular weight excluding hydrogens is 410 g/mol. The average molecular weight is 433 g/mol. The monoisotopic (exact) mass is 433 g/mol. The van der Waals surface area contributed by atoms with E-state index in [0.717, 1.165) is 22.3 Å². The summed E-state index contributed by atoms with van der Waals surface area (Å²) in [5.41, 5.74) is 4.26. The summed E-state index contributed by atoms with van der Waals surface area (Å²) in [6.45, 7) is 3.59. The third-order valence-corrected chi connectivity index (χ3v) is 5.93. The summed E-state index contributed by atoms with van der Waals surface area (Å²) in [6, 6.07) is 10.8. The third kappa shape index (κ3) is 3.00. The lowest BCUT2D eigenvalue weighted by molar-refractivity contribution is -0.0952. The first-order valence-electron chi connectivity index (χ1n) is 10.3. The number of aliphatic hydroxyl groups is 1. The van der Waals surface area contributed by atoms with E-state index in [-0.39, 0.29) is 11.2 Å². The third-order valence-electron chi connectivity index (χ3n) is 5.93. The van der Waals surface area contributed by atoms with Gasteiger partial charge in [0.25, 0.3) is 6.29 Å². The van der Waals surface area contributed by atoms with E-state index in [0.29, 0.717) is 40.3 Å². The highest BCUT2D eigenvalue weighted by molar-refractivity contribution is 5.88. The van der Waals surface area contributed by atoms with Gasteiger partial charge < -0.3 is 24.2 Å². The molecule has 1 aromatic heterocycles. The number of methoxy groups -OCH3 is 2. The zero-order chi connectivity index (χ0) is 22.6. The number of benzene rings is 2. The number of fused-ring (bicyclic) bond motifs is 1. The van der Waals surface area contributed by atoms with E-state index < -0.39 is 6.29 Å². The second-order valence-electron chi connectivity index (χ2n) is 7.91. The summed E-state index contributed by atoms with van der Waals surface area (Å²) >= 11 is 0. The van der Waals surface area contributed by atoms with Crippen LogP contribution >= 0.6 is 0 Å². The van der Waals surface area contributed by atoms with Crippen LogP contribution in [0.3, 0.4) is 0 Å². The van der Waals surface area contributed by atoms with E-state index in [9.17, 15) is 9.90 Å². The van der Waals surface area contributed by atoms with Crippen molar-refractivity contribution in [1.29, 1.82) is 0 Å². The summed E-state index contributed by atoms with van der Waals surface area (Å²) in [5.74, 6) is 1.81. The molecule has 1 N–H and O–H groups in total. The average Bonchev–Trinajstić information content (AvgIpc) is 2.94. The maximum atomic E-state index is 13.2. The Kier molecular flexibility index (Phi) is 4.62. The standard InChI is InChI=1S/C25H23NO6/c1-13-9-18-22(28)12-20(15-5-7-17(29-3)8-6-15)26-23(18)19(24(13)30-4)10-16-11-21(27)14(2)31-25(16)32-26/h5-9,11-12,25,27H,10H2,1-4H3. The Morgan fingerprint density at radius 1 is 1.09 bits per heavy atom. The number of aryl methyl sites for hydroxylation is 1. The lowest BCUT2D eigenvalue weighted by atomic mass is 9.96. The molecule has 1 unspecified atom stereocenters. The highest BCUT2D eigenvalue weighted by Gasteiger charge is 2.32. The Bertz CT molecular complexity index is 1360. The SMILES string of the molecule is COc1ccc(-c2cc(=O)c3cc(C)c(OC)c4c3n2OC2OC(C)=C(O)C=C2C4)cc1. The lowest BCUT2D eigenvalue weighted by Crippen LogP contribution is -2.32.